The molecule has 0 aliphatic heterocycles. The Labute approximate surface area is 145 Å². The average Bonchev–Trinajstić information content (AvgIpc) is 2.55. The molecule has 0 heterocycles. The van der Waals surface area contributed by atoms with E-state index in [-0.39, 0.29) is 5.96 Å². The molecule has 1 amide bonds. The second kappa shape index (κ2) is 6.49. The zero-order chi connectivity index (χ0) is 17.3. The van der Waals surface area contributed by atoms with Crippen molar-refractivity contribution in [3.8, 4) is 0 Å². The molecule has 0 saturated heterocycles. The highest BCUT2D eigenvalue weighted by Gasteiger charge is 2.18. The number of halogens is 1. The summed E-state index contributed by atoms with van der Waals surface area (Å²) >= 11 is 6.18. The summed E-state index contributed by atoms with van der Waals surface area (Å²) in [4.78, 5) is 15.7. The van der Waals surface area contributed by atoms with Crippen LogP contribution in [0.25, 0.3) is 5.57 Å². The fourth-order valence-corrected chi connectivity index (χ4v) is 3.15. The minimum atomic E-state index is -0.439. The molecule has 1 aliphatic carbocycles. The van der Waals surface area contributed by atoms with Crippen LogP contribution < -0.4 is 11.5 Å². The summed E-state index contributed by atoms with van der Waals surface area (Å²) in [7, 11) is 0. The third-order valence-corrected chi connectivity index (χ3v) is 4.36. The van der Waals surface area contributed by atoms with E-state index < -0.39 is 5.91 Å². The molecule has 0 spiro atoms. The van der Waals surface area contributed by atoms with Crippen LogP contribution in [0.3, 0.4) is 0 Å². The number of aryl methyl sites for hydroxylation is 2. The van der Waals surface area contributed by atoms with Crippen molar-refractivity contribution in [1.82, 2.24) is 0 Å². The molecule has 0 fully saturated rings. The van der Waals surface area contributed by atoms with Crippen LogP contribution in [0.2, 0.25) is 5.02 Å². The minimum Gasteiger partial charge on any atom is -0.370 e. The van der Waals surface area contributed by atoms with Gasteiger partial charge in [-0.3, -0.25) is 4.79 Å². The lowest BCUT2D eigenvalue weighted by atomic mass is 9.84. The van der Waals surface area contributed by atoms with Crippen LogP contribution in [-0.2, 0) is 6.42 Å². The van der Waals surface area contributed by atoms with E-state index in [9.17, 15) is 4.79 Å². The first-order chi connectivity index (χ1) is 11.5. The van der Waals surface area contributed by atoms with Crippen molar-refractivity contribution in [3.63, 3.8) is 0 Å². The Balaban J connectivity index is 2.11. The van der Waals surface area contributed by atoms with E-state index in [1.807, 2.05) is 30.3 Å². The number of allylic oxidation sites excluding steroid dienone is 1. The minimum absolute atomic E-state index is 0.237. The number of nitrogens with zero attached hydrogens (tertiary/aromatic N) is 1. The first-order valence-corrected chi connectivity index (χ1v) is 8.07. The van der Waals surface area contributed by atoms with Crippen molar-refractivity contribution >= 4 is 29.0 Å². The molecule has 0 unspecified atom stereocenters. The van der Waals surface area contributed by atoms with Crippen LogP contribution in [0.4, 0.5) is 0 Å². The van der Waals surface area contributed by atoms with Gasteiger partial charge in [0.25, 0.3) is 5.91 Å². The molecule has 0 saturated carbocycles. The number of hydrogen-bond acceptors (Lipinski definition) is 1. The molecule has 4 nitrogen and oxygen atoms in total. The molecule has 24 heavy (non-hydrogen) atoms. The van der Waals surface area contributed by atoms with E-state index in [0.717, 1.165) is 35.1 Å². The summed E-state index contributed by atoms with van der Waals surface area (Å²) in [5.74, 6) is -0.676. The molecule has 0 atom stereocenters. The second-order valence-electron chi connectivity index (χ2n) is 5.83. The molecule has 5 heteroatoms. The van der Waals surface area contributed by atoms with Gasteiger partial charge in [-0.05, 0) is 71.9 Å². The highest BCUT2D eigenvalue weighted by Crippen LogP contribution is 2.35. The number of amides is 1. The van der Waals surface area contributed by atoms with Gasteiger partial charge in [-0.1, -0.05) is 29.8 Å². The number of carbonyl (C=O) groups excluding carboxylic acids is 1. The van der Waals surface area contributed by atoms with E-state index in [1.54, 1.807) is 6.07 Å². The molecule has 0 radical (unpaired) electrons. The zero-order valence-electron chi connectivity index (χ0n) is 13.3. The third-order valence-electron chi connectivity index (χ3n) is 4.13. The van der Waals surface area contributed by atoms with Crippen molar-refractivity contribution in [3.05, 3.63) is 75.3 Å². The molecule has 122 valence electrons. The number of hydrogen-bond donors (Lipinski definition) is 2. The monoisotopic (exact) mass is 339 g/mol. The summed E-state index contributed by atoms with van der Waals surface area (Å²) in [6, 6.07) is 11.4. The first-order valence-electron chi connectivity index (χ1n) is 7.69. The van der Waals surface area contributed by atoms with E-state index in [4.69, 9.17) is 23.1 Å². The van der Waals surface area contributed by atoms with E-state index in [2.05, 4.69) is 18.0 Å². The molecule has 0 bridgehead atoms. The number of rotatable bonds is 2. The van der Waals surface area contributed by atoms with Crippen molar-refractivity contribution in [2.24, 2.45) is 16.5 Å². The summed E-state index contributed by atoms with van der Waals surface area (Å²) in [5, 5.41) is 0.691. The van der Waals surface area contributed by atoms with Crippen molar-refractivity contribution in [2.75, 3.05) is 0 Å². The number of benzene rings is 2. The molecule has 0 aromatic heterocycles. The third kappa shape index (κ3) is 3.19. The van der Waals surface area contributed by atoms with Crippen molar-refractivity contribution in [2.45, 2.75) is 19.8 Å². The fourth-order valence-electron chi connectivity index (χ4n) is 2.98. The quantitative estimate of drug-likeness (QED) is 0.649. The van der Waals surface area contributed by atoms with Gasteiger partial charge in [0.1, 0.15) is 0 Å². The van der Waals surface area contributed by atoms with Crippen molar-refractivity contribution in [1.29, 1.82) is 0 Å². The Bertz CT molecular complexity index is 880. The maximum absolute atomic E-state index is 12.1. The highest BCUT2D eigenvalue weighted by atomic mass is 35.5. The van der Waals surface area contributed by atoms with Gasteiger partial charge < -0.3 is 11.5 Å². The van der Waals surface area contributed by atoms with E-state index in [1.165, 1.54) is 5.56 Å². The molecular formula is C19H18ClN3O. The fraction of sp³-hybridized carbons (Fsp3) is 0.158. The number of fused-ring (bicyclic) bond motifs is 1. The van der Waals surface area contributed by atoms with Crippen LogP contribution in [0.15, 0.2) is 47.5 Å². The van der Waals surface area contributed by atoms with Crippen LogP contribution >= 0.6 is 11.6 Å². The number of nitrogens with two attached hydrogens (primary N) is 2. The summed E-state index contributed by atoms with van der Waals surface area (Å²) in [6.07, 6.45) is 4.08. The average molecular weight is 340 g/mol. The standard InChI is InChI=1S/C19H18ClN3O/c1-11-5-8-14(20)10-16(11)15-4-2-3-12-6-7-13(9-17(12)15)18(24)23-19(21)22/h4-10H,2-3H2,1H3,(H4,21,22,23,24). The van der Waals surface area contributed by atoms with E-state index >= 15 is 0 Å². The van der Waals surface area contributed by atoms with Crippen LogP contribution in [0, 0.1) is 6.92 Å². The number of carbonyl (C=O) groups is 1. The van der Waals surface area contributed by atoms with Gasteiger partial charge in [-0.15, -0.1) is 0 Å². The van der Waals surface area contributed by atoms with Gasteiger partial charge in [0.05, 0.1) is 0 Å². The molecule has 3 rings (SSSR count). The summed E-state index contributed by atoms with van der Waals surface area (Å²) in [6.45, 7) is 2.05. The maximum atomic E-state index is 12.1. The number of guanidine groups is 1. The lowest BCUT2D eigenvalue weighted by Gasteiger charge is -2.20. The predicted octanol–water partition coefficient (Wildman–Crippen LogP) is 3.44. The largest absolute Gasteiger partial charge is 0.370 e. The molecule has 2 aromatic carbocycles. The zero-order valence-corrected chi connectivity index (χ0v) is 14.1. The Morgan fingerprint density at radius 1 is 1.12 bits per heavy atom. The van der Waals surface area contributed by atoms with Crippen molar-refractivity contribution < 1.29 is 4.79 Å². The Morgan fingerprint density at radius 3 is 2.67 bits per heavy atom. The van der Waals surface area contributed by atoms with Crippen LogP contribution in [0.5, 0.6) is 0 Å². The summed E-state index contributed by atoms with van der Waals surface area (Å²) < 4.78 is 0. The van der Waals surface area contributed by atoms with E-state index in [0.29, 0.717) is 10.6 Å². The number of aliphatic imine (C=N–C) groups is 1. The predicted molar refractivity (Wildman–Crippen MR) is 98.2 cm³/mol. The van der Waals surface area contributed by atoms with Gasteiger partial charge in [0.15, 0.2) is 5.96 Å². The highest BCUT2D eigenvalue weighted by molar-refractivity contribution is 6.30. The van der Waals surface area contributed by atoms with Gasteiger partial charge in [0, 0.05) is 10.6 Å². The normalized spacial score (nSPS) is 13.0. The van der Waals surface area contributed by atoms with Gasteiger partial charge >= 0.3 is 0 Å². The lowest BCUT2D eigenvalue weighted by Crippen LogP contribution is -2.24. The van der Waals surface area contributed by atoms with Gasteiger partial charge in [-0.2, -0.15) is 4.99 Å². The SMILES string of the molecule is Cc1ccc(Cl)cc1C1=CCCc2ccc(C(=O)N=C(N)N)cc21. The molecular weight excluding hydrogens is 322 g/mol. The van der Waals surface area contributed by atoms with Gasteiger partial charge in [-0.25, -0.2) is 0 Å². The molecule has 4 N–H and O–H groups in total. The maximum Gasteiger partial charge on any atom is 0.280 e. The Kier molecular flexibility index (Phi) is 4.40. The smallest absolute Gasteiger partial charge is 0.280 e. The second-order valence-corrected chi connectivity index (χ2v) is 6.27. The molecule has 1 aliphatic rings. The van der Waals surface area contributed by atoms with Crippen LogP contribution in [0.1, 0.15) is 39.0 Å². The molecule has 2 aromatic rings. The van der Waals surface area contributed by atoms with Crippen LogP contribution in [-0.4, -0.2) is 11.9 Å². The Morgan fingerprint density at radius 2 is 1.92 bits per heavy atom. The lowest BCUT2D eigenvalue weighted by molar-refractivity contribution is 0.100. The topological polar surface area (TPSA) is 81.5 Å². The van der Waals surface area contributed by atoms with Gasteiger partial charge in [0.2, 0.25) is 0 Å². The summed E-state index contributed by atoms with van der Waals surface area (Å²) in [5.41, 5.74) is 16.6. The first kappa shape index (κ1) is 16.3. The Hall–Kier alpha value is -2.59.